The van der Waals surface area contributed by atoms with Crippen molar-refractivity contribution in [1.82, 2.24) is 5.32 Å². The summed E-state index contributed by atoms with van der Waals surface area (Å²) in [4.78, 5) is 12.0. The molecule has 2 rings (SSSR count). The molecule has 2 aromatic rings. The molecule has 122 valence electrons. The average molecular weight is 311 g/mol. The molecule has 0 fully saturated rings. The molecule has 23 heavy (non-hydrogen) atoms. The third-order valence-electron chi connectivity index (χ3n) is 3.95. The lowest BCUT2D eigenvalue weighted by molar-refractivity contribution is -0.120. The van der Waals surface area contributed by atoms with Crippen LogP contribution in [0.4, 0.5) is 0 Å². The first-order valence-corrected chi connectivity index (χ1v) is 8.04. The number of methoxy groups -OCH3 is 1. The zero-order valence-electron chi connectivity index (χ0n) is 14.2. The van der Waals surface area contributed by atoms with Gasteiger partial charge >= 0.3 is 0 Å². The van der Waals surface area contributed by atoms with Gasteiger partial charge in [-0.15, -0.1) is 0 Å². The van der Waals surface area contributed by atoms with Crippen molar-refractivity contribution < 1.29 is 9.53 Å². The van der Waals surface area contributed by atoms with Gasteiger partial charge in [-0.05, 0) is 55.5 Å². The highest BCUT2D eigenvalue weighted by molar-refractivity contribution is 5.78. The van der Waals surface area contributed by atoms with Crippen LogP contribution in [-0.2, 0) is 17.6 Å². The summed E-state index contributed by atoms with van der Waals surface area (Å²) in [5.41, 5.74) is 4.73. The lowest BCUT2D eigenvalue weighted by Crippen LogP contribution is -2.26. The van der Waals surface area contributed by atoms with Crippen LogP contribution in [0.1, 0.15) is 28.7 Å². The molecule has 2 aromatic carbocycles. The number of carbonyl (C=O) groups is 1. The van der Waals surface area contributed by atoms with Gasteiger partial charge in [0.15, 0.2) is 0 Å². The maximum Gasteiger partial charge on any atom is 0.224 e. The second kappa shape index (κ2) is 8.37. The molecule has 0 aromatic heterocycles. The van der Waals surface area contributed by atoms with Crippen molar-refractivity contribution >= 4 is 5.91 Å². The Morgan fingerprint density at radius 2 is 1.96 bits per heavy atom. The number of ether oxygens (including phenoxy) is 1. The molecule has 0 saturated heterocycles. The maximum atomic E-state index is 12.0. The largest absolute Gasteiger partial charge is 0.497 e. The molecule has 3 nitrogen and oxygen atoms in total. The van der Waals surface area contributed by atoms with Crippen LogP contribution in [-0.4, -0.2) is 19.6 Å². The Labute approximate surface area is 138 Å². The van der Waals surface area contributed by atoms with Crippen LogP contribution in [0.2, 0.25) is 0 Å². The number of amides is 1. The molecule has 0 spiro atoms. The zero-order valence-corrected chi connectivity index (χ0v) is 14.2. The molecule has 0 heterocycles. The van der Waals surface area contributed by atoms with Crippen LogP contribution in [0.3, 0.4) is 0 Å². The van der Waals surface area contributed by atoms with Gasteiger partial charge in [-0.2, -0.15) is 0 Å². The molecule has 1 amide bonds. The topological polar surface area (TPSA) is 38.3 Å². The van der Waals surface area contributed by atoms with E-state index in [2.05, 4.69) is 37.4 Å². The van der Waals surface area contributed by atoms with Crippen LogP contribution in [0.25, 0.3) is 0 Å². The highest BCUT2D eigenvalue weighted by atomic mass is 16.5. The second-order valence-corrected chi connectivity index (χ2v) is 5.91. The van der Waals surface area contributed by atoms with Gasteiger partial charge in [0.05, 0.1) is 13.5 Å². The Bertz CT molecular complexity index is 664. The van der Waals surface area contributed by atoms with Crippen molar-refractivity contribution in [1.29, 1.82) is 0 Å². The summed E-state index contributed by atoms with van der Waals surface area (Å²) >= 11 is 0. The Hall–Kier alpha value is -2.29. The minimum Gasteiger partial charge on any atom is -0.497 e. The quantitative estimate of drug-likeness (QED) is 0.793. The normalized spacial score (nSPS) is 10.4. The standard InChI is InChI=1S/C20H25NO2/c1-15-9-10-18(16(2)12-15)14-20(22)21-11-5-7-17-6-4-8-19(13-17)23-3/h4,6,8-10,12-13H,5,7,11,14H2,1-3H3,(H,21,22). The van der Waals surface area contributed by atoms with Gasteiger partial charge in [0.2, 0.25) is 5.91 Å². The molecule has 0 unspecified atom stereocenters. The fourth-order valence-electron chi connectivity index (χ4n) is 2.63. The van der Waals surface area contributed by atoms with E-state index in [-0.39, 0.29) is 5.91 Å². The van der Waals surface area contributed by atoms with Gasteiger partial charge in [0.1, 0.15) is 5.75 Å². The molecule has 0 aliphatic carbocycles. The summed E-state index contributed by atoms with van der Waals surface area (Å²) in [7, 11) is 1.67. The van der Waals surface area contributed by atoms with Gasteiger partial charge in [-0.25, -0.2) is 0 Å². The SMILES string of the molecule is COc1cccc(CCCNC(=O)Cc2ccc(C)cc2C)c1. The van der Waals surface area contributed by atoms with Gasteiger partial charge in [-0.3, -0.25) is 4.79 Å². The van der Waals surface area contributed by atoms with Gasteiger partial charge in [0, 0.05) is 6.54 Å². The lowest BCUT2D eigenvalue weighted by Gasteiger charge is -2.09. The zero-order chi connectivity index (χ0) is 16.7. The molecule has 0 saturated carbocycles. The van der Waals surface area contributed by atoms with E-state index in [9.17, 15) is 4.79 Å². The molecule has 0 aliphatic rings. The van der Waals surface area contributed by atoms with Crippen LogP contribution in [0, 0.1) is 13.8 Å². The van der Waals surface area contributed by atoms with Crippen LogP contribution in [0.5, 0.6) is 5.75 Å². The fraction of sp³-hybridized carbons (Fsp3) is 0.350. The molecule has 3 heteroatoms. The van der Waals surface area contributed by atoms with E-state index in [1.54, 1.807) is 7.11 Å². The highest BCUT2D eigenvalue weighted by Gasteiger charge is 2.05. The molecule has 0 radical (unpaired) electrons. The van der Waals surface area contributed by atoms with E-state index in [1.165, 1.54) is 16.7 Å². The van der Waals surface area contributed by atoms with E-state index >= 15 is 0 Å². The summed E-state index contributed by atoms with van der Waals surface area (Å²) in [5.74, 6) is 0.962. The van der Waals surface area contributed by atoms with Crippen LogP contribution >= 0.6 is 0 Å². The number of carbonyl (C=O) groups excluding carboxylic acids is 1. The molecular formula is C20H25NO2. The summed E-state index contributed by atoms with van der Waals surface area (Å²) in [6.45, 7) is 4.81. The minimum atomic E-state index is 0.0857. The Morgan fingerprint density at radius 1 is 1.13 bits per heavy atom. The highest BCUT2D eigenvalue weighted by Crippen LogP contribution is 2.14. The third-order valence-corrected chi connectivity index (χ3v) is 3.95. The van der Waals surface area contributed by atoms with Gasteiger partial charge in [-0.1, -0.05) is 35.9 Å². The van der Waals surface area contributed by atoms with Crippen molar-refractivity contribution in [2.24, 2.45) is 0 Å². The number of benzene rings is 2. The lowest BCUT2D eigenvalue weighted by atomic mass is 10.0. The van der Waals surface area contributed by atoms with Crippen molar-refractivity contribution in [3.8, 4) is 5.75 Å². The Morgan fingerprint density at radius 3 is 2.70 bits per heavy atom. The molecule has 1 N–H and O–H groups in total. The predicted molar refractivity (Wildman–Crippen MR) is 93.9 cm³/mol. The maximum absolute atomic E-state index is 12.0. The number of hydrogen-bond donors (Lipinski definition) is 1. The first-order chi connectivity index (χ1) is 11.1. The first kappa shape index (κ1) is 17.1. The van der Waals surface area contributed by atoms with Gasteiger partial charge in [0.25, 0.3) is 0 Å². The van der Waals surface area contributed by atoms with Crippen LogP contribution < -0.4 is 10.1 Å². The number of hydrogen-bond acceptors (Lipinski definition) is 2. The number of rotatable bonds is 7. The second-order valence-electron chi connectivity index (χ2n) is 5.91. The van der Waals surface area contributed by atoms with E-state index in [4.69, 9.17) is 4.74 Å². The van der Waals surface area contributed by atoms with E-state index in [1.807, 2.05) is 24.3 Å². The van der Waals surface area contributed by atoms with Crippen LogP contribution in [0.15, 0.2) is 42.5 Å². The minimum absolute atomic E-state index is 0.0857. The predicted octanol–water partition coefficient (Wildman–Crippen LogP) is 3.60. The first-order valence-electron chi connectivity index (χ1n) is 8.04. The smallest absolute Gasteiger partial charge is 0.224 e. The Balaban J connectivity index is 1.74. The Kier molecular flexibility index (Phi) is 6.21. The monoisotopic (exact) mass is 311 g/mol. The molecule has 0 atom stereocenters. The average Bonchev–Trinajstić information content (AvgIpc) is 2.54. The van der Waals surface area contributed by atoms with E-state index in [0.29, 0.717) is 13.0 Å². The third kappa shape index (κ3) is 5.44. The fourth-order valence-corrected chi connectivity index (χ4v) is 2.63. The number of nitrogens with one attached hydrogen (secondary N) is 1. The summed E-state index contributed by atoms with van der Waals surface area (Å²) in [5, 5.41) is 3.00. The summed E-state index contributed by atoms with van der Waals surface area (Å²) < 4.78 is 5.22. The van der Waals surface area contributed by atoms with Crippen molar-refractivity contribution in [2.45, 2.75) is 33.1 Å². The van der Waals surface area contributed by atoms with E-state index in [0.717, 1.165) is 24.2 Å². The summed E-state index contributed by atoms with van der Waals surface area (Å²) in [6, 6.07) is 14.3. The van der Waals surface area contributed by atoms with Crippen molar-refractivity contribution in [3.05, 3.63) is 64.7 Å². The van der Waals surface area contributed by atoms with E-state index < -0.39 is 0 Å². The molecule has 0 bridgehead atoms. The van der Waals surface area contributed by atoms with Gasteiger partial charge < -0.3 is 10.1 Å². The van der Waals surface area contributed by atoms with Crippen molar-refractivity contribution in [3.63, 3.8) is 0 Å². The summed E-state index contributed by atoms with van der Waals surface area (Å²) in [6.07, 6.45) is 2.30. The van der Waals surface area contributed by atoms with Crippen molar-refractivity contribution in [2.75, 3.05) is 13.7 Å². The molecular weight excluding hydrogens is 286 g/mol. The molecule has 0 aliphatic heterocycles. The number of aryl methyl sites for hydroxylation is 3.